The average Bonchev–Trinajstić information content (AvgIpc) is 2.33. The number of carbonyl (C=O) groups excluding carboxylic acids is 2. The van der Waals surface area contributed by atoms with Crippen LogP contribution in [0.25, 0.3) is 0 Å². The molecule has 1 aromatic carbocycles. The van der Waals surface area contributed by atoms with Gasteiger partial charge in [-0.2, -0.15) is 0 Å². The van der Waals surface area contributed by atoms with Crippen LogP contribution in [-0.2, 0) is 9.59 Å². The molecule has 5 nitrogen and oxygen atoms in total. The smallest absolute Gasteiger partial charge is 0.264 e. The molecule has 1 N–H and O–H groups in total. The first-order valence-electron chi connectivity index (χ1n) is 6.31. The molecule has 1 aromatic rings. The fraction of sp³-hybridized carbons (Fsp3) is 0.429. The molecule has 2 rings (SSSR count). The van der Waals surface area contributed by atoms with Crippen molar-refractivity contribution in [2.24, 2.45) is 5.92 Å². The van der Waals surface area contributed by atoms with Crippen molar-refractivity contribution in [1.29, 1.82) is 0 Å². The first kappa shape index (κ1) is 13.4. The number of nitrogens with one attached hydrogen (secondary N) is 1. The summed E-state index contributed by atoms with van der Waals surface area (Å²) in [4.78, 5) is 25.0. The zero-order chi connectivity index (χ0) is 14.0. The van der Waals surface area contributed by atoms with Crippen LogP contribution in [0.4, 0.5) is 11.4 Å². The lowest BCUT2D eigenvalue weighted by molar-refractivity contribution is -0.121. The van der Waals surface area contributed by atoms with Gasteiger partial charge in [0.1, 0.15) is 11.4 Å². The van der Waals surface area contributed by atoms with E-state index in [0.717, 1.165) is 0 Å². The molecule has 0 saturated carbocycles. The quantitative estimate of drug-likeness (QED) is 0.906. The number of hydrogen-bond donors (Lipinski definition) is 1. The molecule has 19 heavy (non-hydrogen) atoms. The van der Waals surface area contributed by atoms with Crippen LogP contribution in [0.15, 0.2) is 18.2 Å². The van der Waals surface area contributed by atoms with Gasteiger partial charge in [0, 0.05) is 13.5 Å². The van der Waals surface area contributed by atoms with Gasteiger partial charge < -0.3 is 15.0 Å². The second-order valence-electron chi connectivity index (χ2n) is 5.04. The average molecular weight is 262 g/mol. The SMILES string of the molecule is CC(C)CC(=O)Nc1cccc2c1N(C)C(=O)CO2. The zero-order valence-corrected chi connectivity index (χ0v) is 11.4. The van der Waals surface area contributed by atoms with Crippen molar-refractivity contribution in [3.8, 4) is 5.75 Å². The van der Waals surface area contributed by atoms with Gasteiger partial charge in [0.2, 0.25) is 5.91 Å². The van der Waals surface area contributed by atoms with Crippen LogP contribution in [0.2, 0.25) is 0 Å². The molecule has 102 valence electrons. The summed E-state index contributed by atoms with van der Waals surface area (Å²) in [6, 6.07) is 5.36. The van der Waals surface area contributed by atoms with E-state index >= 15 is 0 Å². The monoisotopic (exact) mass is 262 g/mol. The number of fused-ring (bicyclic) bond motifs is 1. The van der Waals surface area contributed by atoms with Crippen molar-refractivity contribution in [2.45, 2.75) is 20.3 Å². The van der Waals surface area contributed by atoms with Crippen LogP contribution >= 0.6 is 0 Å². The Morgan fingerprint density at radius 2 is 2.21 bits per heavy atom. The summed E-state index contributed by atoms with van der Waals surface area (Å²) in [5.41, 5.74) is 1.23. The van der Waals surface area contributed by atoms with Gasteiger partial charge in [-0.25, -0.2) is 0 Å². The van der Waals surface area contributed by atoms with Gasteiger partial charge in [0.15, 0.2) is 6.61 Å². The molecule has 0 fully saturated rings. The highest BCUT2D eigenvalue weighted by molar-refractivity contribution is 6.04. The molecule has 5 heteroatoms. The topological polar surface area (TPSA) is 58.6 Å². The third-order valence-electron chi connectivity index (χ3n) is 2.93. The third kappa shape index (κ3) is 2.86. The number of ether oxygens (including phenoxy) is 1. The number of para-hydroxylation sites is 1. The highest BCUT2D eigenvalue weighted by atomic mass is 16.5. The number of rotatable bonds is 3. The van der Waals surface area contributed by atoms with Crippen LogP contribution in [0.1, 0.15) is 20.3 Å². The van der Waals surface area contributed by atoms with E-state index in [9.17, 15) is 9.59 Å². The summed E-state index contributed by atoms with van der Waals surface area (Å²) in [5, 5.41) is 2.84. The van der Waals surface area contributed by atoms with Gasteiger partial charge in [0.05, 0.1) is 5.69 Å². The Bertz CT molecular complexity index is 511. The molecule has 1 aliphatic heterocycles. The van der Waals surface area contributed by atoms with Crippen molar-refractivity contribution < 1.29 is 14.3 Å². The molecule has 0 aliphatic carbocycles. The van der Waals surface area contributed by atoms with E-state index in [1.165, 1.54) is 4.90 Å². The molecule has 0 saturated heterocycles. The van der Waals surface area contributed by atoms with E-state index in [2.05, 4.69) is 5.32 Å². The summed E-state index contributed by atoms with van der Waals surface area (Å²) >= 11 is 0. The molecule has 2 amide bonds. The van der Waals surface area contributed by atoms with E-state index in [1.54, 1.807) is 25.2 Å². The lowest BCUT2D eigenvalue weighted by Gasteiger charge is -2.28. The van der Waals surface area contributed by atoms with Gasteiger partial charge in [-0.15, -0.1) is 0 Å². The maximum Gasteiger partial charge on any atom is 0.264 e. The van der Waals surface area contributed by atoms with E-state index in [4.69, 9.17) is 4.74 Å². The Morgan fingerprint density at radius 1 is 1.47 bits per heavy atom. The summed E-state index contributed by atoms with van der Waals surface area (Å²) in [6.45, 7) is 4.00. The summed E-state index contributed by atoms with van der Waals surface area (Å²) in [7, 11) is 1.68. The molecule has 0 atom stereocenters. The number of benzene rings is 1. The number of carbonyl (C=O) groups is 2. The molecule has 1 aliphatic rings. The number of nitrogens with zero attached hydrogens (tertiary/aromatic N) is 1. The normalized spacial score (nSPS) is 14.1. The Hall–Kier alpha value is -2.04. The lowest BCUT2D eigenvalue weighted by Crippen LogP contribution is -2.36. The van der Waals surface area contributed by atoms with E-state index in [-0.39, 0.29) is 24.3 Å². The highest BCUT2D eigenvalue weighted by Gasteiger charge is 2.25. The number of likely N-dealkylation sites (N-methyl/N-ethyl adjacent to an activating group) is 1. The highest BCUT2D eigenvalue weighted by Crippen LogP contribution is 2.38. The molecule has 0 bridgehead atoms. The van der Waals surface area contributed by atoms with Gasteiger partial charge in [-0.05, 0) is 18.1 Å². The van der Waals surface area contributed by atoms with E-state index in [1.807, 2.05) is 13.8 Å². The lowest BCUT2D eigenvalue weighted by atomic mass is 10.1. The Kier molecular flexibility index (Phi) is 3.74. The standard InChI is InChI=1S/C14H18N2O3/c1-9(2)7-12(17)15-10-5-4-6-11-14(10)16(3)13(18)8-19-11/h4-6,9H,7-8H2,1-3H3,(H,15,17). The van der Waals surface area contributed by atoms with Gasteiger partial charge in [-0.1, -0.05) is 19.9 Å². The maximum absolute atomic E-state index is 11.8. The van der Waals surface area contributed by atoms with Crippen LogP contribution in [0.5, 0.6) is 5.75 Å². The predicted octanol–water partition coefficient (Wildman–Crippen LogP) is 2.03. The first-order valence-corrected chi connectivity index (χ1v) is 6.31. The largest absolute Gasteiger partial charge is 0.481 e. The number of amides is 2. The van der Waals surface area contributed by atoms with Crippen molar-refractivity contribution in [2.75, 3.05) is 23.9 Å². The van der Waals surface area contributed by atoms with Crippen molar-refractivity contribution in [1.82, 2.24) is 0 Å². The minimum Gasteiger partial charge on any atom is -0.481 e. The van der Waals surface area contributed by atoms with Crippen LogP contribution in [-0.4, -0.2) is 25.5 Å². The van der Waals surface area contributed by atoms with Gasteiger partial charge in [-0.3, -0.25) is 9.59 Å². The van der Waals surface area contributed by atoms with Gasteiger partial charge >= 0.3 is 0 Å². The van der Waals surface area contributed by atoms with Crippen LogP contribution in [0, 0.1) is 5.92 Å². The van der Waals surface area contributed by atoms with Crippen molar-refractivity contribution in [3.05, 3.63) is 18.2 Å². The molecule has 0 unspecified atom stereocenters. The predicted molar refractivity (Wildman–Crippen MR) is 73.4 cm³/mol. The second-order valence-corrected chi connectivity index (χ2v) is 5.04. The third-order valence-corrected chi connectivity index (χ3v) is 2.93. The molecular weight excluding hydrogens is 244 g/mol. The fourth-order valence-corrected chi connectivity index (χ4v) is 2.02. The first-order chi connectivity index (χ1) is 8.99. The Balaban J connectivity index is 2.27. The van der Waals surface area contributed by atoms with Gasteiger partial charge in [0.25, 0.3) is 5.91 Å². The van der Waals surface area contributed by atoms with Crippen LogP contribution < -0.4 is 15.0 Å². The number of hydrogen-bond acceptors (Lipinski definition) is 3. The minimum absolute atomic E-state index is 0.0346. The second kappa shape index (κ2) is 5.30. The summed E-state index contributed by atoms with van der Waals surface area (Å²) < 4.78 is 5.37. The zero-order valence-electron chi connectivity index (χ0n) is 11.4. The van der Waals surface area contributed by atoms with Crippen LogP contribution in [0.3, 0.4) is 0 Å². The molecular formula is C14H18N2O3. The summed E-state index contributed by atoms with van der Waals surface area (Å²) in [5.74, 6) is 0.715. The van der Waals surface area contributed by atoms with E-state index in [0.29, 0.717) is 23.5 Å². The van der Waals surface area contributed by atoms with Crippen molar-refractivity contribution in [3.63, 3.8) is 0 Å². The minimum atomic E-state index is -0.127. The van der Waals surface area contributed by atoms with Crippen molar-refractivity contribution >= 4 is 23.2 Å². The number of anilines is 2. The maximum atomic E-state index is 11.8. The Labute approximate surface area is 112 Å². The fourth-order valence-electron chi connectivity index (χ4n) is 2.02. The van der Waals surface area contributed by atoms with E-state index < -0.39 is 0 Å². The molecule has 1 heterocycles. The molecule has 0 spiro atoms. The Morgan fingerprint density at radius 3 is 2.89 bits per heavy atom. The molecule has 0 radical (unpaired) electrons. The summed E-state index contributed by atoms with van der Waals surface area (Å²) in [6.07, 6.45) is 0.447. The molecule has 0 aromatic heterocycles.